The summed E-state index contributed by atoms with van der Waals surface area (Å²) >= 11 is 2.91. The number of thioether (sulfide) groups is 1. The zero-order chi connectivity index (χ0) is 21.3. The van der Waals surface area contributed by atoms with E-state index in [2.05, 4.69) is 32.5 Å². The van der Waals surface area contributed by atoms with Gasteiger partial charge in [-0.2, -0.15) is 0 Å². The molecular formula is C21H29N5O2S2. The third-order valence-corrected chi connectivity index (χ3v) is 6.89. The fourth-order valence-electron chi connectivity index (χ4n) is 3.27. The number of nitrogens with zero attached hydrogens (tertiary/aromatic N) is 4. The Kier molecular flexibility index (Phi) is 8.50. The van der Waals surface area contributed by atoms with Gasteiger partial charge in [-0.3, -0.25) is 9.59 Å². The van der Waals surface area contributed by atoms with E-state index in [-0.39, 0.29) is 17.9 Å². The Morgan fingerprint density at radius 3 is 2.57 bits per heavy atom. The van der Waals surface area contributed by atoms with Gasteiger partial charge in [-0.25, -0.2) is 0 Å². The largest absolute Gasteiger partial charge is 0.353 e. The highest BCUT2D eigenvalue weighted by Crippen LogP contribution is 2.28. The van der Waals surface area contributed by atoms with Crippen LogP contribution in [0.3, 0.4) is 0 Å². The Morgan fingerprint density at radius 2 is 1.87 bits per heavy atom. The van der Waals surface area contributed by atoms with Gasteiger partial charge in [0.2, 0.25) is 16.9 Å². The lowest BCUT2D eigenvalue weighted by Crippen LogP contribution is -2.48. The summed E-state index contributed by atoms with van der Waals surface area (Å²) in [4.78, 5) is 28.4. The molecule has 1 N–H and O–H groups in total. The monoisotopic (exact) mass is 447 g/mol. The van der Waals surface area contributed by atoms with Crippen molar-refractivity contribution < 1.29 is 9.59 Å². The Bertz CT molecular complexity index is 820. The van der Waals surface area contributed by atoms with Crippen LogP contribution in [0.1, 0.15) is 32.3 Å². The van der Waals surface area contributed by atoms with Crippen molar-refractivity contribution >= 4 is 40.0 Å². The van der Waals surface area contributed by atoms with E-state index in [4.69, 9.17) is 0 Å². The van der Waals surface area contributed by atoms with Crippen LogP contribution in [0.15, 0.2) is 34.7 Å². The van der Waals surface area contributed by atoms with E-state index in [0.29, 0.717) is 25.3 Å². The highest BCUT2D eigenvalue weighted by molar-refractivity contribution is 8.01. The Labute approximate surface area is 186 Å². The third-order valence-electron chi connectivity index (χ3n) is 4.77. The van der Waals surface area contributed by atoms with Gasteiger partial charge in [0, 0.05) is 38.6 Å². The van der Waals surface area contributed by atoms with E-state index in [0.717, 1.165) is 35.4 Å². The number of carbonyl (C=O) groups excluding carboxylic acids is 2. The molecule has 3 rings (SSSR count). The number of nitrogens with one attached hydrogen (secondary N) is 1. The lowest BCUT2D eigenvalue weighted by atomic mass is 10.1. The first-order valence-corrected chi connectivity index (χ1v) is 12.1. The van der Waals surface area contributed by atoms with E-state index in [9.17, 15) is 9.59 Å². The third kappa shape index (κ3) is 6.98. The number of aromatic nitrogens is 2. The average Bonchev–Trinajstić information content (AvgIpc) is 3.22. The SMILES string of the molecule is CC(C)NC(=O)CSc1nnc(N2CCN(C(=O)CCCc3ccccc3)CC2)s1. The molecule has 0 spiro atoms. The molecule has 2 aromatic rings. The summed E-state index contributed by atoms with van der Waals surface area (Å²) in [7, 11) is 0. The number of piperazine rings is 1. The maximum atomic E-state index is 12.5. The van der Waals surface area contributed by atoms with Gasteiger partial charge in [0.1, 0.15) is 0 Å². The minimum atomic E-state index is 0.00569. The molecule has 2 heterocycles. The number of aryl methyl sites for hydroxylation is 1. The lowest BCUT2D eigenvalue weighted by molar-refractivity contribution is -0.131. The molecule has 9 heteroatoms. The second kappa shape index (κ2) is 11.3. The van der Waals surface area contributed by atoms with Gasteiger partial charge in [-0.05, 0) is 32.3 Å². The molecule has 1 aliphatic rings. The molecule has 0 radical (unpaired) electrons. The lowest BCUT2D eigenvalue weighted by Gasteiger charge is -2.34. The zero-order valence-corrected chi connectivity index (χ0v) is 19.2. The van der Waals surface area contributed by atoms with Gasteiger partial charge in [0.05, 0.1) is 5.75 Å². The van der Waals surface area contributed by atoms with Gasteiger partial charge < -0.3 is 15.1 Å². The van der Waals surface area contributed by atoms with Crippen molar-refractivity contribution in [3.8, 4) is 0 Å². The van der Waals surface area contributed by atoms with E-state index in [1.165, 1.54) is 28.7 Å². The van der Waals surface area contributed by atoms with Gasteiger partial charge >= 0.3 is 0 Å². The van der Waals surface area contributed by atoms with Crippen molar-refractivity contribution in [1.29, 1.82) is 0 Å². The fourth-order valence-corrected chi connectivity index (χ4v) is 4.98. The molecule has 162 valence electrons. The molecule has 7 nitrogen and oxygen atoms in total. The summed E-state index contributed by atoms with van der Waals surface area (Å²) < 4.78 is 0.795. The maximum absolute atomic E-state index is 12.5. The minimum Gasteiger partial charge on any atom is -0.353 e. The van der Waals surface area contributed by atoms with Crippen LogP contribution in [0.4, 0.5) is 5.13 Å². The van der Waals surface area contributed by atoms with E-state index >= 15 is 0 Å². The predicted octanol–water partition coefficient (Wildman–Crippen LogP) is 2.83. The van der Waals surface area contributed by atoms with Gasteiger partial charge in [-0.1, -0.05) is 53.4 Å². The molecule has 1 fully saturated rings. The fraction of sp³-hybridized carbons (Fsp3) is 0.524. The van der Waals surface area contributed by atoms with Crippen LogP contribution < -0.4 is 10.2 Å². The van der Waals surface area contributed by atoms with Crippen molar-refractivity contribution in [3.05, 3.63) is 35.9 Å². The average molecular weight is 448 g/mol. The summed E-state index contributed by atoms with van der Waals surface area (Å²) in [5, 5.41) is 12.2. The normalized spacial score (nSPS) is 14.2. The summed E-state index contributed by atoms with van der Waals surface area (Å²) in [5.74, 6) is 0.583. The first-order valence-electron chi connectivity index (χ1n) is 10.3. The number of hydrogen-bond acceptors (Lipinski definition) is 7. The highest BCUT2D eigenvalue weighted by atomic mass is 32.2. The van der Waals surface area contributed by atoms with Crippen molar-refractivity contribution in [2.24, 2.45) is 0 Å². The molecule has 0 saturated carbocycles. The molecule has 30 heavy (non-hydrogen) atoms. The summed E-state index contributed by atoms with van der Waals surface area (Å²) in [6.07, 6.45) is 2.41. The van der Waals surface area contributed by atoms with Crippen LogP contribution >= 0.6 is 23.1 Å². The molecule has 0 bridgehead atoms. The van der Waals surface area contributed by atoms with E-state index in [1.54, 1.807) is 0 Å². The van der Waals surface area contributed by atoms with E-state index in [1.807, 2.05) is 36.9 Å². The molecular weight excluding hydrogens is 418 g/mol. The topological polar surface area (TPSA) is 78.4 Å². The Hall–Kier alpha value is -2.13. The smallest absolute Gasteiger partial charge is 0.230 e. The highest BCUT2D eigenvalue weighted by Gasteiger charge is 2.23. The number of carbonyl (C=O) groups is 2. The van der Waals surface area contributed by atoms with Crippen LogP contribution in [0.5, 0.6) is 0 Å². The Balaban J connectivity index is 1.38. The standard InChI is InChI=1S/C21H29N5O2S2/c1-16(2)22-18(27)15-29-21-24-23-20(30-21)26-13-11-25(12-14-26)19(28)10-6-9-17-7-4-3-5-8-17/h3-5,7-8,16H,6,9-15H2,1-2H3,(H,22,27). The van der Waals surface area contributed by atoms with Crippen molar-refractivity contribution in [2.75, 3.05) is 36.8 Å². The molecule has 1 aromatic heterocycles. The molecule has 0 atom stereocenters. The van der Waals surface area contributed by atoms with Crippen LogP contribution in [-0.2, 0) is 16.0 Å². The number of amides is 2. The Morgan fingerprint density at radius 1 is 1.13 bits per heavy atom. The van der Waals surface area contributed by atoms with Gasteiger partial charge in [0.15, 0.2) is 4.34 Å². The van der Waals surface area contributed by atoms with Gasteiger partial charge in [0.25, 0.3) is 0 Å². The molecule has 1 saturated heterocycles. The first kappa shape index (κ1) is 22.6. The van der Waals surface area contributed by atoms with Crippen LogP contribution in [0, 0.1) is 0 Å². The van der Waals surface area contributed by atoms with E-state index < -0.39 is 0 Å². The van der Waals surface area contributed by atoms with Crippen molar-refractivity contribution in [2.45, 2.75) is 43.5 Å². The predicted molar refractivity (Wildman–Crippen MR) is 122 cm³/mol. The quantitative estimate of drug-likeness (QED) is 0.596. The molecule has 0 aliphatic carbocycles. The number of hydrogen-bond donors (Lipinski definition) is 1. The van der Waals surface area contributed by atoms with Crippen molar-refractivity contribution in [1.82, 2.24) is 20.4 Å². The summed E-state index contributed by atoms with van der Waals surface area (Å²) in [6.45, 7) is 6.83. The second-order valence-electron chi connectivity index (χ2n) is 7.57. The maximum Gasteiger partial charge on any atom is 0.230 e. The second-order valence-corrected chi connectivity index (χ2v) is 9.75. The molecule has 2 amide bonds. The zero-order valence-electron chi connectivity index (χ0n) is 17.5. The van der Waals surface area contributed by atoms with Crippen LogP contribution in [-0.4, -0.2) is 64.9 Å². The minimum absolute atomic E-state index is 0.00569. The van der Waals surface area contributed by atoms with Crippen LogP contribution in [0.2, 0.25) is 0 Å². The number of benzene rings is 1. The molecule has 1 aliphatic heterocycles. The summed E-state index contributed by atoms with van der Waals surface area (Å²) in [6, 6.07) is 10.4. The molecule has 0 unspecified atom stereocenters. The van der Waals surface area contributed by atoms with Gasteiger partial charge in [-0.15, -0.1) is 10.2 Å². The number of rotatable bonds is 9. The number of anilines is 1. The van der Waals surface area contributed by atoms with Crippen LogP contribution in [0.25, 0.3) is 0 Å². The molecule has 1 aromatic carbocycles. The first-order chi connectivity index (χ1) is 14.5. The summed E-state index contributed by atoms with van der Waals surface area (Å²) in [5.41, 5.74) is 1.28. The van der Waals surface area contributed by atoms with Crippen molar-refractivity contribution in [3.63, 3.8) is 0 Å².